The molecule has 1 aromatic rings. The Hall–Kier alpha value is -0.970. The highest BCUT2D eigenvalue weighted by atomic mass is 32.2. The molecule has 1 N–H and O–H groups in total. The quantitative estimate of drug-likeness (QED) is 0.829. The summed E-state index contributed by atoms with van der Waals surface area (Å²) in [6.45, 7) is 4.11. The molecule has 1 aliphatic carbocycles. The van der Waals surface area contributed by atoms with Gasteiger partial charge in [-0.15, -0.1) is 0 Å². The molecule has 3 rings (SSSR count). The first-order valence-electron chi connectivity index (χ1n) is 8.25. The van der Waals surface area contributed by atoms with E-state index in [0.717, 1.165) is 12.8 Å². The summed E-state index contributed by atoms with van der Waals surface area (Å²) in [6.07, 6.45) is 3.34. The minimum Gasteiger partial charge on any atom is -0.281 e. The Kier molecular flexibility index (Phi) is 4.75. The van der Waals surface area contributed by atoms with Gasteiger partial charge < -0.3 is 0 Å². The Balaban J connectivity index is 1.73. The molecule has 0 amide bonds. The van der Waals surface area contributed by atoms with Crippen LogP contribution in [0.5, 0.6) is 0 Å². The third-order valence-electron chi connectivity index (χ3n) is 4.94. The second-order valence-electron chi connectivity index (χ2n) is 6.52. The number of sulfonamides is 2. The van der Waals surface area contributed by atoms with Crippen molar-refractivity contribution in [2.45, 2.75) is 49.7 Å². The molecule has 2 heterocycles. The average Bonchev–Trinajstić information content (AvgIpc) is 3.18. The zero-order valence-corrected chi connectivity index (χ0v) is 15.7. The number of nitrogens with zero attached hydrogens (tertiary/aromatic N) is 3. The van der Waals surface area contributed by atoms with Gasteiger partial charge in [0.15, 0.2) is 0 Å². The van der Waals surface area contributed by atoms with Crippen LogP contribution < -0.4 is 0 Å². The zero-order chi connectivity index (χ0) is 17.5. The zero-order valence-electron chi connectivity index (χ0n) is 14.0. The Bertz CT molecular complexity index is 782. The van der Waals surface area contributed by atoms with Crippen LogP contribution in [-0.2, 0) is 20.0 Å². The van der Waals surface area contributed by atoms with E-state index in [9.17, 15) is 16.8 Å². The lowest BCUT2D eigenvalue weighted by Gasteiger charge is -2.34. The first kappa shape index (κ1) is 17.8. The summed E-state index contributed by atoms with van der Waals surface area (Å²) in [6, 6.07) is 0. The van der Waals surface area contributed by atoms with Crippen LogP contribution in [0.2, 0.25) is 0 Å². The largest absolute Gasteiger partial charge is 0.281 e. The molecule has 136 valence electrons. The first-order valence-corrected chi connectivity index (χ1v) is 11.2. The molecule has 24 heavy (non-hydrogen) atoms. The van der Waals surface area contributed by atoms with Gasteiger partial charge in [-0.1, -0.05) is 12.8 Å². The maximum absolute atomic E-state index is 12.8. The Morgan fingerprint density at radius 2 is 1.50 bits per heavy atom. The summed E-state index contributed by atoms with van der Waals surface area (Å²) in [7, 11) is -6.96. The van der Waals surface area contributed by atoms with E-state index in [4.69, 9.17) is 0 Å². The van der Waals surface area contributed by atoms with E-state index in [-0.39, 0.29) is 36.3 Å². The Morgan fingerprint density at radius 1 is 0.958 bits per heavy atom. The van der Waals surface area contributed by atoms with Crippen LogP contribution >= 0.6 is 0 Å². The molecule has 0 unspecified atom stereocenters. The van der Waals surface area contributed by atoms with Gasteiger partial charge in [0, 0.05) is 26.2 Å². The third-order valence-corrected chi connectivity index (χ3v) is 9.50. The van der Waals surface area contributed by atoms with Crippen molar-refractivity contribution in [3.8, 4) is 0 Å². The summed E-state index contributed by atoms with van der Waals surface area (Å²) < 4.78 is 53.7. The highest BCUT2D eigenvalue weighted by Gasteiger charge is 2.39. The molecule has 1 saturated carbocycles. The molecule has 0 aromatic carbocycles. The molecular weight excluding hydrogens is 352 g/mol. The topological polar surface area (TPSA) is 103 Å². The van der Waals surface area contributed by atoms with Crippen LogP contribution in [0.25, 0.3) is 0 Å². The fourth-order valence-corrected chi connectivity index (χ4v) is 7.39. The van der Waals surface area contributed by atoms with Crippen molar-refractivity contribution >= 4 is 20.0 Å². The van der Waals surface area contributed by atoms with Gasteiger partial charge in [0.1, 0.15) is 4.90 Å². The molecule has 1 saturated heterocycles. The Labute approximate surface area is 143 Å². The van der Waals surface area contributed by atoms with E-state index in [1.807, 2.05) is 0 Å². The van der Waals surface area contributed by atoms with E-state index in [1.54, 1.807) is 13.8 Å². The number of aromatic nitrogens is 2. The summed E-state index contributed by atoms with van der Waals surface area (Å²) in [5, 5.41) is 6.34. The highest BCUT2D eigenvalue weighted by molar-refractivity contribution is 7.90. The Morgan fingerprint density at radius 3 is 2.00 bits per heavy atom. The van der Waals surface area contributed by atoms with Crippen molar-refractivity contribution < 1.29 is 16.8 Å². The normalized spacial score (nSPS) is 22.2. The van der Waals surface area contributed by atoms with Gasteiger partial charge in [-0.05, 0) is 26.7 Å². The van der Waals surface area contributed by atoms with Gasteiger partial charge in [-0.3, -0.25) is 5.10 Å². The predicted octanol–water partition coefficient (Wildman–Crippen LogP) is 0.605. The van der Waals surface area contributed by atoms with Crippen molar-refractivity contribution in [3.05, 3.63) is 11.4 Å². The smallest absolute Gasteiger partial charge is 0.246 e. The van der Waals surface area contributed by atoms with Gasteiger partial charge >= 0.3 is 0 Å². The molecule has 8 nitrogen and oxygen atoms in total. The van der Waals surface area contributed by atoms with Crippen LogP contribution in [0, 0.1) is 13.8 Å². The summed E-state index contributed by atoms with van der Waals surface area (Å²) >= 11 is 0. The molecule has 2 aliphatic rings. The number of hydrogen-bond donors (Lipinski definition) is 1. The van der Waals surface area contributed by atoms with Crippen LogP contribution in [0.1, 0.15) is 37.1 Å². The molecule has 1 aromatic heterocycles. The number of nitrogens with one attached hydrogen (secondary N) is 1. The van der Waals surface area contributed by atoms with Gasteiger partial charge in [-0.25, -0.2) is 16.8 Å². The average molecular weight is 377 g/mol. The highest BCUT2D eigenvalue weighted by Crippen LogP contribution is 2.29. The standard InChI is InChI=1S/C14H24N4O4S2/c1-11-14(12(2)16-15-11)24(21,22)18-9-7-17(8-10-18)23(19,20)13-5-3-4-6-13/h13H,3-10H2,1-2H3,(H,15,16). The summed E-state index contributed by atoms with van der Waals surface area (Å²) in [4.78, 5) is 0.203. The maximum Gasteiger partial charge on any atom is 0.246 e. The van der Waals surface area contributed by atoms with Gasteiger partial charge in [0.05, 0.1) is 16.6 Å². The number of hydrogen-bond acceptors (Lipinski definition) is 5. The van der Waals surface area contributed by atoms with Gasteiger partial charge in [0.25, 0.3) is 0 Å². The number of H-pyrrole nitrogens is 1. The van der Waals surface area contributed by atoms with Crippen molar-refractivity contribution in [1.29, 1.82) is 0 Å². The first-order chi connectivity index (χ1) is 11.2. The molecule has 1 aliphatic heterocycles. The molecule has 0 atom stereocenters. The molecule has 2 fully saturated rings. The summed E-state index contributed by atoms with van der Waals surface area (Å²) in [5.41, 5.74) is 0.946. The minimum absolute atomic E-state index is 0.179. The van der Waals surface area contributed by atoms with Gasteiger partial charge in [-0.2, -0.15) is 13.7 Å². The van der Waals surface area contributed by atoms with Gasteiger partial charge in [0.2, 0.25) is 20.0 Å². The van der Waals surface area contributed by atoms with Crippen LogP contribution in [0.15, 0.2) is 4.90 Å². The number of aromatic amines is 1. The fourth-order valence-electron chi connectivity index (χ4n) is 3.61. The van der Waals surface area contributed by atoms with Crippen LogP contribution in [0.4, 0.5) is 0 Å². The monoisotopic (exact) mass is 376 g/mol. The molecule has 0 bridgehead atoms. The number of rotatable bonds is 4. The van der Waals surface area contributed by atoms with E-state index in [0.29, 0.717) is 24.2 Å². The van der Waals surface area contributed by atoms with E-state index in [2.05, 4.69) is 10.2 Å². The SMILES string of the molecule is Cc1n[nH]c(C)c1S(=O)(=O)N1CCN(S(=O)(=O)C2CCCC2)CC1. The molecule has 0 spiro atoms. The summed E-state index contributed by atoms with van der Waals surface area (Å²) in [5.74, 6) is 0. The van der Waals surface area contributed by atoms with Crippen LogP contribution in [0.3, 0.4) is 0 Å². The van der Waals surface area contributed by atoms with Crippen molar-refractivity contribution in [1.82, 2.24) is 18.8 Å². The lowest BCUT2D eigenvalue weighted by atomic mass is 10.4. The maximum atomic E-state index is 12.8. The molecule has 0 radical (unpaired) electrons. The lowest BCUT2D eigenvalue weighted by molar-refractivity contribution is 0.270. The second kappa shape index (κ2) is 6.40. The molecular formula is C14H24N4O4S2. The van der Waals surface area contributed by atoms with Crippen molar-refractivity contribution in [2.75, 3.05) is 26.2 Å². The van der Waals surface area contributed by atoms with Crippen molar-refractivity contribution in [2.24, 2.45) is 0 Å². The van der Waals surface area contributed by atoms with E-state index >= 15 is 0 Å². The van der Waals surface area contributed by atoms with Crippen molar-refractivity contribution in [3.63, 3.8) is 0 Å². The second-order valence-corrected chi connectivity index (χ2v) is 10.6. The van der Waals surface area contributed by atoms with Crippen LogP contribution in [-0.4, -0.2) is 67.1 Å². The number of aryl methyl sites for hydroxylation is 2. The number of piperazine rings is 1. The molecule has 10 heteroatoms. The fraction of sp³-hybridized carbons (Fsp3) is 0.786. The predicted molar refractivity (Wildman–Crippen MR) is 89.6 cm³/mol. The lowest BCUT2D eigenvalue weighted by Crippen LogP contribution is -2.52. The third kappa shape index (κ3) is 3.00. The minimum atomic E-state index is -3.65. The van der Waals surface area contributed by atoms with E-state index in [1.165, 1.54) is 8.61 Å². The van der Waals surface area contributed by atoms with E-state index < -0.39 is 20.0 Å².